The number of furan rings is 1. The lowest BCUT2D eigenvalue weighted by atomic mass is 10.1. The van der Waals surface area contributed by atoms with Gasteiger partial charge in [0.1, 0.15) is 5.76 Å². The molecule has 1 heterocycles. The van der Waals surface area contributed by atoms with Crippen LogP contribution in [0.5, 0.6) is 0 Å². The largest absolute Gasteiger partial charge is 0.467 e. The summed E-state index contributed by atoms with van der Waals surface area (Å²) in [7, 11) is 0. The minimum atomic E-state index is -0.448. The predicted octanol–water partition coefficient (Wildman–Crippen LogP) is 1.88. The Labute approximate surface area is 164 Å². The molecule has 150 valence electrons. The summed E-state index contributed by atoms with van der Waals surface area (Å²) in [5.74, 6) is 0.314. The van der Waals surface area contributed by atoms with Crippen molar-refractivity contribution in [3.05, 3.63) is 59.5 Å². The molecule has 1 aromatic heterocycles. The number of carbonyl (C=O) groups is 3. The second kappa shape index (κ2) is 10.8. The second-order valence-electron chi connectivity index (χ2n) is 6.07. The van der Waals surface area contributed by atoms with Crippen LogP contribution in [-0.2, 0) is 17.9 Å². The summed E-state index contributed by atoms with van der Waals surface area (Å²) in [5, 5.41) is 7.80. The van der Waals surface area contributed by atoms with Gasteiger partial charge in [0.25, 0.3) is 5.91 Å². The molecule has 0 saturated heterocycles. The van der Waals surface area contributed by atoms with Crippen molar-refractivity contribution < 1.29 is 18.8 Å². The van der Waals surface area contributed by atoms with E-state index in [2.05, 4.69) is 16.0 Å². The lowest BCUT2D eigenvalue weighted by Gasteiger charge is -2.18. The van der Waals surface area contributed by atoms with E-state index >= 15 is 0 Å². The first-order valence-corrected chi connectivity index (χ1v) is 9.22. The molecule has 2 rings (SSSR count). The normalized spacial score (nSPS) is 10.2. The highest BCUT2D eigenvalue weighted by atomic mass is 16.3. The van der Waals surface area contributed by atoms with Gasteiger partial charge in [-0.3, -0.25) is 9.59 Å². The zero-order valence-electron chi connectivity index (χ0n) is 16.2. The number of amides is 4. The van der Waals surface area contributed by atoms with E-state index in [-0.39, 0.29) is 24.9 Å². The van der Waals surface area contributed by atoms with Gasteiger partial charge in [-0.05, 0) is 43.7 Å². The third-order valence-electron chi connectivity index (χ3n) is 4.15. The number of nitrogens with one attached hydrogen (secondary N) is 3. The maximum absolute atomic E-state index is 12.3. The fraction of sp³-hybridized carbons (Fsp3) is 0.350. The van der Waals surface area contributed by atoms with Gasteiger partial charge in [0.15, 0.2) is 0 Å². The van der Waals surface area contributed by atoms with E-state index in [0.29, 0.717) is 31.0 Å². The fourth-order valence-corrected chi connectivity index (χ4v) is 2.53. The molecule has 0 atom stereocenters. The molecule has 8 nitrogen and oxygen atoms in total. The molecule has 2 aromatic rings. The maximum Gasteiger partial charge on any atom is 0.315 e. The molecule has 0 aliphatic rings. The van der Waals surface area contributed by atoms with Crippen LogP contribution in [0, 0.1) is 0 Å². The van der Waals surface area contributed by atoms with Crippen molar-refractivity contribution in [3.63, 3.8) is 0 Å². The predicted molar refractivity (Wildman–Crippen MR) is 104 cm³/mol. The zero-order chi connectivity index (χ0) is 20.4. The molecule has 1 aromatic carbocycles. The summed E-state index contributed by atoms with van der Waals surface area (Å²) in [6.07, 6.45) is 1.53. The highest BCUT2D eigenvalue weighted by molar-refractivity contribution is 5.94. The second-order valence-corrected chi connectivity index (χ2v) is 6.07. The van der Waals surface area contributed by atoms with Gasteiger partial charge >= 0.3 is 6.03 Å². The van der Waals surface area contributed by atoms with Gasteiger partial charge in [0, 0.05) is 25.2 Å². The molecular formula is C20H26N4O4. The number of rotatable bonds is 9. The first-order chi connectivity index (χ1) is 13.5. The summed E-state index contributed by atoms with van der Waals surface area (Å²) in [4.78, 5) is 37.5. The van der Waals surface area contributed by atoms with Crippen LogP contribution in [-0.4, -0.2) is 42.4 Å². The van der Waals surface area contributed by atoms with Gasteiger partial charge in [0.05, 0.1) is 19.4 Å². The molecule has 3 N–H and O–H groups in total. The average molecular weight is 386 g/mol. The van der Waals surface area contributed by atoms with Crippen molar-refractivity contribution >= 4 is 17.8 Å². The molecule has 0 aliphatic heterocycles. The number of urea groups is 1. The smallest absolute Gasteiger partial charge is 0.315 e. The standard InChI is InChI=1S/C20H26N4O4/c1-3-24(4-2)19(26)16-9-7-15(8-10-16)12-22-20(27)23-14-18(25)21-13-17-6-5-11-28-17/h5-11H,3-4,12-14H2,1-2H3,(H,21,25)(H2,22,23,27). The van der Waals surface area contributed by atoms with E-state index in [1.54, 1.807) is 41.3 Å². The Kier molecular flexibility index (Phi) is 8.08. The molecule has 4 amide bonds. The molecular weight excluding hydrogens is 360 g/mol. The Bertz CT molecular complexity index is 768. The van der Waals surface area contributed by atoms with E-state index in [1.165, 1.54) is 6.26 Å². The van der Waals surface area contributed by atoms with E-state index in [9.17, 15) is 14.4 Å². The Morgan fingerprint density at radius 1 is 0.929 bits per heavy atom. The van der Waals surface area contributed by atoms with Crippen molar-refractivity contribution in [2.45, 2.75) is 26.9 Å². The zero-order valence-corrected chi connectivity index (χ0v) is 16.2. The van der Waals surface area contributed by atoms with Crippen LogP contribution in [0.1, 0.15) is 35.5 Å². The van der Waals surface area contributed by atoms with E-state index in [4.69, 9.17) is 4.42 Å². The van der Waals surface area contributed by atoms with Gasteiger partial charge in [-0.25, -0.2) is 4.79 Å². The van der Waals surface area contributed by atoms with Crippen LogP contribution in [0.15, 0.2) is 47.1 Å². The van der Waals surface area contributed by atoms with Crippen LogP contribution in [0.4, 0.5) is 4.79 Å². The van der Waals surface area contributed by atoms with Crippen molar-refractivity contribution in [3.8, 4) is 0 Å². The molecule has 28 heavy (non-hydrogen) atoms. The van der Waals surface area contributed by atoms with Crippen LogP contribution >= 0.6 is 0 Å². The lowest BCUT2D eigenvalue weighted by molar-refractivity contribution is -0.120. The summed E-state index contributed by atoms with van der Waals surface area (Å²) >= 11 is 0. The summed E-state index contributed by atoms with van der Waals surface area (Å²) in [6.45, 7) is 5.63. The summed E-state index contributed by atoms with van der Waals surface area (Å²) in [6, 6.07) is 10.1. The minimum Gasteiger partial charge on any atom is -0.467 e. The van der Waals surface area contributed by atoms with Gasteiger partial charge in [0.2, 0.25) is 5.91 Å². The quantitative estimate of drug-likeness (QED) is 0.612. The van der Waals surface area contributed by atoms with E-state index in [0.717, 1.165) is 5.56 Å². The third kappa shape index (κ3) is 6.46. The van der Waals surface area contributed by atoms with Crippen molar-refractivity contribution in [1.29, 1.82) is 0 Å². The monoisotopic (exact) mass is 386 g/mol. The molecule has 0 saturated carbocycles. The first kappa shape index (κ1) is 21.0. The fourth-order valence-electron chi connectivity index (χ4n) is 2.53. The van der Waals surface area contributed by atoms with Crippen molar-refractivity contribution in [2.75, 3.05) is 19.6 Å². The van der Waals surface area contributed by atoms with Crippen LogP contribution < -0.4 is 16.0 Å². The van der Waals surface area contributed by atoms with Crippen molar-refractivity contribution in [1.82, 2.24) is 20.9 Å². The minimum absolute atomic E-state index is 0.0113. The van der Waals surface area contributed by atoms with Crippen LogP contribution in [0.2, 0.25) is 0 Å². The van der Waals surface area contributed by atoms with E-state index in [1.807, 2.05) is 13.8 Å². The molecule has 0 radical (unpaired) electrons. The van der Waals surface area contributed by atoms with Gasteiger partial charge in [-0.2, -0.15) is 0 Å². The van der Waals surface area contributed by atoms with Crippen LogP contribution in [0.3, 0.4) is 0 Å². The summed E-state index contributed by atoms with van der Waals surface area (Å²) < 4.78 is 5.11. The summed E-state index contributed by atoms with van der Waals surface area (Å²) in [5.41, 5.74) is 1.47. The van der Waals surface area contributed by atoms with E-state index < -0.39 is 6.03 Å². The Balaban J connectivity index is 1.70. The van der Waals surface area contributed by atoms with Crippen molar-refractivity contribution in [2.24, 2.45) is 0 Å². The number of hydrogen-bond acceptors (Lipinski definition) is 4. The Morgan fingerprint density at radius 2 is 1.64 bits per heavy atom. The van der Waals surface area contributed by atoms with Crippen LogP contribution in [0.25, 0.3) is 0 Å². The highest BCUT2D eigenvalue weighted by Gasteiger charge is 2.12. The Hall–Kier alpha value is -3.29. The Morgan fingerprint density at radius 3 is 2.25 bits per heavy atom. The molecule has 0 aliphatic carbocycles. The van der Waals surface area contributed by atoms with Gasteiger partial charge in [-0.1, -0.05) is 12.1 Å². The lowest BCUT2D eigenvalue weighted by Crippen LogP contribution is -2.41. The topological polar surface area (TPSA) is 104 Å². The molecule has 8 heteroatoms. The third-order valence-corrected chi connectivity index (χ3v) is 4.15. The number of nitrogens with zero attached hydrogens (tertiary/aromatic N) is 1. The molecule has 0 bridgehead atoms. The first-order valence-electron chi connectivity index (χ1n) is 9.22. The average Bonchev–Trinajstić information content (AvgIpc) is 3.24. The highest BCUT2D eigenvalue weighted by Crippen LogP contribution is 2.08. The van der Waals surface area contributed by atoms with Gasteiger partial charge in [-0.15, -0.1) is 0 Å². The molecule has 0 unspecified atom stereocenters. The number of benzene rings is 1. The number of carbonyl (C=O) groups excluding carboxylic acids is 3. The molecule has 0 spiro atoms. The van der Waals surface area contributed by atoms with Gasteiger partial charge < -0.3 is 25.3 Å². The molecule has 0 fully saturated rings. The number of hydrogen-bond donors (Lipinski definition) is 3. The maximum atomic E-state index is 12.3. The SMILES string of the molecule is CCN(CC)C(=O)c1ccc(CNC(=O)NCC(=O)NCc2ccco2)cc1.